The summed E-state index contributed by atoms with van der Waals surface area (Å²) in [5, 5.41) is 0. The predicted molar refractivity (Wildman–Crippen MR) is 87.7 cm³/mol. The Morgan fingerprint density at radius 2 is 1.68 bits per heavy atom. The normalized spacial score (nSPS) is 16.3. The molecule has 3 nitrogen and oxygen atoms in total. The van der Waals surface area contributed by atoms with E-state index in [1.807, 2.05) is 4.90 Å². The van der Waals surface area contributed by atoms with Gasteiger partial charge in [0, 0.05) is 25.2 Å². The van der Waals surface area contributed by atoms with Gasteiger partial charge >= 0.3 is 6.18 Å². The highest BCUT2D eigenvalue weighted by atomic mass is 19.4. The number of anilines is 1. The Morgan fingerprint density at radius 1 is 1.04 bits per heavy atom. The average Bonchev–Trinajstić information content (AvgIpc) is 2.61. The van der Waals surface area contributed by atoms with Crippen LogP contribution >= 0.6 is 0 Å². The minimum Gasteiger partial charge on any atom is -0.356 e. The number of benzene rings is 1. The molecule has 1 aliphatic rings. The third kappa shape index (κ3) is 3.92. The van der Waals surface area contributed by atoms with Crippen LogP contribution < -0.4 is 10.6 Å². The van der Waals surface area contributed by atoms with Crippen molar-refractivity contribution in [2.75, 3.05) is 18.0 Å². The molecule has 0 saturated carbocycles. The van der Waals surface area contributed by atoms with Gasteiger partial charge in [-0.3, -0.25) is 0 Å². The number of nitrogens with two attached hydrogens (primary N) is 1. The lowest BCUT2D eigenvalue weighted by Crippen LogP contribution is -2.35. The summed E-state index contributed by atoms with van der Waals surface area (Å²) in [5.41, 5.74) is 6.42. The Hall–Kier alpha value is -2.15. The van der Waals surface area contributed by atoms with E-state index in [9.17, 15) is 17.6 Å². The quantitative estimate of drug-likeness (QED) is 0.846. The molecule has 1 aromatic carbocycles. The van der Waals surface area contributed by atoms with E-state index >= 15 is 0 Å². The van der Waals surface area contributed by atoms with Crippen LogP contribution in [0.25, 0.3) is 0 Å². The molecule has 0 unspecified atom stereocenters. The number of rotatable bonds is 3. The highest BCUT2D eigenvalue weighted by Crippen LogP contribution is 2.34. The van der Waals surface area contributed by atoms with Crippen LogP contribution in [0.3, 0.4) is 0 Å². The Bertz CT molecular complexity index is 720. The van der Waals surface area contributed by atoms with Crippen molar-refractivity contribution in [2.24, 2.45) is 5.73 Å². The second-order valence-electron chi connectivity index (χ2n) is 6.19. The molecular weight excluding hydrogens is 334 g/mol. The minimum atomic E-state index is -4.48. The maximum Gasteiger partial charge on any atom is 0.433 e. The van der Waals surface area contributed by atoms with Crippen LogP contribution in [0.15, 0.2) is 36.4 Å². The van der Waals surface area contributed by atoms with Crippen molar-refractivity contribution in [2.45, 2.75) is 31.5 Å². The molecule has 0 amide bonds. The maximum absolute atomic E-state index is 13.0. The second-order valence-corrected chi connectivity index (χ2v) is 6.19. The van der Waals surface area contributed by atoms with Gasteiger partial charge in [0.05, 0.1) is 0 Å². The fraction of sp³-hybridized carbons (Fsp3) is 0.389. The van der Waals surface area contributed by atoms with Crippen LogP contribution in [-0.4, -0.2) is 18.1 Å². The smallest absolute Gasteiger partial charge is 0.356 e. The van der Waals surface area contributed by atoms with Gasteiger partial charge in [-0.05, 0) is 42.5 Å². The number of pyridine rings is 1. The first-order valence-electron chi connectivity index (χ1n) is 8.16. The van der Waals surface area contributed by atoms with Gasteiger partial charge < -0.3 is 10.6 Å². The van der Waals surface area contributed by atoms with Gasteiger partial charge in [-0.2, -0.15) is 13.2 Å². The Labute approximate surface area is 143 Å². The van der Waals surface area contributed by atoms with Gasteiger partial charge in [0.1, 0.15) is 17.3 Å². The van der Waals surface area contributed by atoms with Crippen molar-refractivity contribution in [3.05, 3.63) is 59.0 Å². The molecule has 0 radical (unpaired) electrons. The molecule has 0 spiro atoms. The van der Waals surface area contributed by atoms with Crippen LogP contribution in [0.1, 0.15) is 35.6 Å². The summed E-state index contributed by atoms with van der Waals surface area (Å²) >= 11 is 0. The number of nitrogens with zero attached hydrogens (tertiary/aromatic N) is 2. The fourth-order valence-electron chi connectivity index (χ4n) is 3.23. The van der Waals surface area contributed by atoms with E-state index in [0.717, 1.165) is 24.5 Å². The summed E-state index contributed by atoms with van der Waals surface area (Å²) in [5.74, 6) is 0.306. The summed E-state index contributed by atoms with van der Waals surface area (Å²) in [6, 6.07) is 8.77. The zero-order valence-electron chi connectivity index (χ0n) is 13.6. The van der Waals surface area contributed by atoms with E-state index in [1.54, 1.807) is 12.1 Å². The fourth-order valence-corrected chi connectivity index (χ4v) is 3.23. The number of piperidine rings is 1. The molecule has 2 aromatic rings. The van der Waals surface area contributed by atoms with Crippen LogP contribution in [0.4, 0.5) is 23.4 Å². The lowest BCUT2D eigenvalue weighted by molar-refractivity contribution is -0.141. The van der Waals surface area contributed by atoms with Crippen molar-refractivity contribution in [1.29, 1.82) is 0 Å². The molecule has 2 heterocycles. The van der Waals surface area contributed by atoms with E-state index in [0.29, 0.717) is 24.5 Å². The lowest BCUT2D eigenvalue weighted by atomic mass is 9.89. The van der Waals surface area contributed by atoms with Crippen molar-refractivity contribution in [3.63, 3.8) is 0 Å². The zero-order chi connectivity index (χ0) is 18.0. The number of aromatic nitrogens is 1. The van der Waals surface area contributed by atoms with E-state index in [4.69, 9.17) is 5.73 Å². The summed E-state index contributed by atoms with van der Waals surface area (Å²) in [4.78, 5) is 5.68. The topological polar surface area (TPSA) is 42.1 Å². The number of alkyl halides is 3. The highest BCUT2D eigenvalue weighted by molar-refractivity contribution is 5.49. The van der Waals surface area contributed by atoms with Gasteiger partial charge in [0.15, 0.2) is 0 Å². The molecule has 1 aliphatic heterocycles. The van der Waals surface area contributed by atoms with Gasteiger partial charge in [-0.1, -0.05) is 18.2 Å². The van der Waals surface area contributed by atoms with E-state index < -0.39 is 11.9 Å². The molecule has 134 valence electrons. The van der Waals surface area contributed by atoms with Crippen molar-refractivity contribution < 1.29 is 17.6 Å². The molecule has 1 fully saturated rings. The van der Waals surface area contributed by atoms with Gasteiger partial charge in [-0.15, -0.1) is 0 Å². The highest BCUT2D eigenvalue weighted by Gasteiger charge is 2.34. The Morgan fingerprint density at radius 3 is 2.24 bits per heavy atom. The third-order valence-electron chi connectivity index (χ3n) is 4.60. The molecule has 1 aromatic heterocycles. The molecule has 25 heavy (non-hydrogen) atoms. The molecule has 0 atom stereocenters. The Kier molecular flexibility index (Phi) is 4.94. The van der Waals surface area contributed by atoms with Crippen LogP contribution in [0.2, 0.25) is 0 Å². The molecule has 0 bridgehead atoms. The monoisotopic (exact) mass is 353 g/mol. The predicted octanol–water partition coefficient (Wildman–Crippen LogP) is 4.08. The average molecular weight is 353 g/mol. The summed E-state index contributed by atoms with van der Waals surface area (Å²) in [6.07, 6.45) is -2.94. The van der Waals surface area contributed by atoms with Gasteiger partial charge in [0.25, 0.3) is 0 Å². The molecule has 3 rings (SSSR count). The first-order chi connectivity index (χ1) is 11.9. The van der Waals surface area contributed by atoms with E-state index in [2.05, 4.69) is 4.98 Å². The first kappa shape index (κ1) is 17.7. The Balaban J connectivity index is 1.77. The molecule has 2 N–H and O–H groups in total. The summed E-state index contributed by atoms with van der Waals surface area (Å²) in [7, 11) is 0. The largest absolute Gasteiger partial charge is 0.433 e. The van der Waals surface area contributed by atoms with Crippen molar-refractivity contribution in [1.82, 2.24) is 4.98 Å². The second kappa shape index (κ2) is 7.00. The maximum atomic E-state index is 13.0. The summed E-state index contributed by atoms with van der Waals surface area (Å²) in [6.45, 7) is 1.31. The van der Waals surface area contributed by atoms with E-state index in [-0.39, 0.29) is 18.3 Å². The van der Waals surface area contributed by atoms with Crippen LogP contribution in [-0.2, 0) is 12.7 Å². The number of hydrogen-bond donors (Lipinski definition) is 1. The van der Waals surface area contributed by atoms with Crippen molar-refractivity contribution in [3.8, 4) is 0 Å². The standard InChI is InChI=1S/C18H19F4N3/c19-15-4-1-12(2-5-15)13-7-9-25(10-8-13)17-14(11-23)3-6-16(24-17)18(20,21)22/h1-6,13H,7-11,23H2. The van der Waals surface area contributed by atoms with E-state index in [1.165, 1.54) is 18.2 Å². The first-order valence-corrected chi connectivity index (χ1v) is 8.16. The molecule has 0 aliphatic carbocycles. The van der Waals surface area contributed by atoms with Crippen LogP contribution in [0.5, 0.6) is 0 Å². The summed E-state index contributed by atoms with van der Waals surface area (Å²) < 4.78 is 51.9. The van der Waals surface area contributed by atoms with Gasteiger partial charge in [0.2, 0.25) is 0 Å². The van der Waals surface area contributed by atoms with Crippen molar-refractivity contribution >= 4 is 5.82 Å². The third-order valence-corrected chi connectivity index (χ3v) is 4.60. The number of hydrogen-bond acceptors (Lipinski definition) is 3. The number of halogens is 4. The van der Waals surface area contributed by atoms with Crippen LogP contribution in [0, 0.1) is 5.82 Å². The zero-order valence-corrected chi connectivity index (χ0v) is 13.6. The van der Waals surface area contributed by atoms with Gasteiger partial charge in [-0.25, -0.2) is 9.37 Å². The lowest BCUT2D eigenvalue weighted by Gasteiger charge is -2.34. The SMILES string of the molecule is NCc1ccc(C(F)(F)F)nc1N1CCC(c2ccc(F)cc2)CC1. The molecule has 7 heteroatoms. The molecular formula is C18H19F4N3. The molecule has 1 saturated heterocycles. The minimum absolute atomic E-state index is 0.137.